The molecule has 0 amide bonds. The molecule has 6 heteroatoms. The minimum absolute atomic E-state index is 0.000172. The van der Waals surface area contributed by atoms with Crippen molar-refractivity contribution in [1.82, 2.24) is 0 Å². The van der Waals surface area contributed by atoms with Gasteiger partial charge in [-0.05, 0) is 20.3 Å². The van der Waals surface area contributed by atoms with Gasteiger partial charge in [-0.1, -0.05) is 0 Å². The van der Waals surface area contributed by atoms with Crippen molar-refractivity contribution in [3.63, 3.8) is 0 Å². The van der Waals surface area contributed by atoms with Crippen LogP contribution in [-0.2, 0) is 16.0 Å². The minimum atomic E-state index is -0.203. The molecule has 124 valence electrons. The predicted octanol–water partition coefficient (Wildman–Crippen LogP) is 2.61. The summed E-state index contributed by atoms with van der Waals surface area (Å²) >= 11 is 0. The summed E-state index contributed by atoms with van der Waals surface area (Å²) in [6.45, 7) is 4.03. The first-order valence-corrected chi connectivity index (χ1v) is 7.40. The number of methoxy groups -OCH3 is 1. The van der Waals surface area contributed by atoms with E-state index >= 15 is 0 Å². The Balaban J connectivity index is 2.68. The molecule has 0 aliphatic rings. The zero-order chi connectivity index (χ0) is 16.8. The van der Waals surface area contributed by atoms with Gasteiger partial charge in [0.15, 0.2) is 12.2 Å². The summed E-state index contributed by atoms with van der Waals surface area (Å²) in [5.74, 6) is 1.36. The number of aryl methyl sites for hydroxylation is 1. The van der Waals surface area contributed by atoms with Crippen LogP contribution in [-0.4, -0.2) is 26.8 Å². The van der Waals surface area contributed by atoms with Gasteiger partial charge in [0.25, 0.3) is 0 Å². The van der Waals surface area contributed by atoms with Crippen molar-refractivity contribution in [2.24, 2.45) is 0 Å². The van der Waals surface area contributed by atoms with Gasteiger partial charge in [0.2, 0.25) is 0 Å². The third-order valence-corrected chi connectivity index (χ3v) is 3.38. The van der Waals surface area contributed by atoms with E-state index < -0.39 is 0 Å². The molecule has 0 aliphatic carbocycles. The van der Waals surface area contributed by atoms with Crippen LogP contribution in [0.2, 0.25) is 0 Å². The standard InChI is InChI=1S/C17H20O6/c1-4-21-10-22-17-12(6-5-7-18)14(20-3)9-15-16(17)13(19)8-11(2)23-15/h7-9H,4-6,10H2,1-3H3. The molecule has 1 aromatic heterocycles. The molecule has 1 aromatic carbocycles. The molecule has 0 atom stereocenters. The second-order valence-corrected chi connectivity index (χ2v) is 4.94. The SMILES string of the molecule is CCOCOc1c(CCC=O)c(OC)cc2oc(C)cc(=O)c12. The second kappa shape index (κ2) is 7.78. The molecule has 23 heavy (non-hydrogen) atoms. The first-order valence-electron chi connectivity index (χ1n) is 7.40. The Morgan fingerprint density at radius 1 is 1.30 bits per heavy atom. The fourth-order valence-electron chi connectivity index (χ4n) is 2.39. The maximum Gasteiger partial charge on any atom is 0.196 e. The third kappa shape index (κ3) is 3.71. The lowest BCUT2D eigenvalue weighted by molar-refractivity contribution is -0.107. The fraction of sp³-hybridized carbons (Fsp3) is 0.412. The minimum Gasteiger partial charge on any atom is -0.496 e. The maximum absolute atomic E-state index is 12.4. The average molecular weight is 320 g/mol. The topological polar surface area (TPSA) is 75.0 Å². The number of ether oxygens (including phenoxy) is 3. The molecular weight excluding hydrogens is 300 g/mol. The van der Waals surface area contributed by atoms with E-state index in [-0.39, 0.29) is 12.2 Å². The van der Waals surface area contributed by atoms with Gasteiger partial charge in [0, 0.05) is 30.7 Å². The Morgan fingerprint density at radius 3 is 2.74 bits per heavy atom. The summed E-state index contributed by atoms with van der Waals surface area (Å²) in [4.78, 5) is 23.1. The van der Waals surface area contributed by atoms with Crippen LogP contribution in [0.4, 0.5) is 0 Å². The first kappa shape index (κ1) is 17.0. The quantitative estimate of drug-likeness (QED) is 0.423. The van der Waals surface area contributed by atoms with Crippen LogP contribution in [0.5, 0.6) is 11.5 Å². The van der Waals surface area contributed by atoms with Gasteiger partial charge < -0.3 is 23.4 Å². The van der Waals surface area contributed by atoms with Crippen LogP contribution in [0.25, 0.3) is 11.0 Å². The number of rotatable bonds is 8. The molecule has 0 bridgehead atoms. The lowest BCUT2D eigenvalue weighted by atomic mass is 10.0. The summed E-state index contributed by atoms with van der Waals surface area (Å²) in [5.41, 5.74) is 0.835. The van der Waals surface area contributed by atoms with Crippen molar-refractivity contribution in [2.75, 3.05) is 20.5 Å². The smallest absolute Gasteiger partial charge is 0.196 e. The molecule has 1 heterocycles. The molecule has 0 fully saturated rings. The van der Waals surface area contributed by atoms with Crippen LogP contribution in [0.1, 0.15) is 24.7 Å². The van der Waals surface area contributed by atoms with Crippen molar-refractivity contribution < 1.29 is 23.4 Å². The highest BCUT2D eigenvalue weighted by Crippen LogP contribution is 2.36. The van der Waals surface area contributed by atoms with E-state index in [0.29, 0.717) is 53.2 Å². The summed E-state index contributed by atoms with van der Waals surface area (Å²) < 4.78 is 21.9. The van der Waals surface area contributed by atoms with E-state index in [2.05, 4.69) is 0 Å². The monoisotopic (exact) mass is 320 g/mol. The van der Waals surface area contributed by atoms with Gasteiger partial charge in [-0.2, -0.15) is 0 Å². The van der Waals surface area contributed by atoms with E-state index in [1.165, 1.54) is 13.2 Å². The number of fused-ring (bicyclic) bond motifs is 1. The summed E-state index contributed by atoms with van der Waals surface area (Å²) in [6.07, 6.45) is 1.51. The highest BCUT2D eigenvalue weighted by Gasteiger charge is 2.19. The summed E-state index contributed by atoms with van der Waals surface area (Å²) in [6, 6.07) is 3.06. The molecule has 6 nitrogen and oxygen atoms in total. The van der Waals surface area contributed by atoms with Crippen molar-refractivity contribution >= 4 is 17.3 Å². The first-order chi connectivity index (χ1) is 11.1. The Labute approximate surface area is 134 Å². The molecule has 0 aliphatic heterocycles. The highest BCUT2D eigenvalue weighted by molar-refractivity contribution is 5.87. The Bertz CT molecular complexity index is 747. The van der Waals surface area contributed by atoms with Gasteiger partial charge >= 0.3 is 0 Å². The Hall–Kier alpha value is -2.34. The third-order valence-electron chi connectivity index (χ3n) is 3.38. The maximum atomic E-state index is 12.4. The van der Waals surface area contributed by atoms with Crippen molar-refractivity contribution in [3.8, 4) is 11.5 Å². The van der Waals surface area contributed by atoms with Crippen LogP contribution in [0.15, 0.2) is 21.3 Å². The number of benzene rings is 1. The molecule has 2 rings (SSSR count). The number of aldehydes is 1. The van der Waals surface area contributed by atoms with Crippen LogP contribution < -0.4 is 14.9 Å². The van der Waals surface area contributed by atoms with Crippen molar-refractivity contribution in [3.05, 3.63) is 33.7 Å². The normalized spacial score (nSPS) is 10.7. The fourth-order valence-corrected chi connectivity index (χ4v) is 2.39. The Kier molecular flexibility index (Phi) is 5.76. The number of carbonyl (C=O) groups excluding carboxylic acids is 1. The molecule has 0 saturated carbocycles. The molecule has 0 spiro atoms. The Morgan fingerprint density at radius 2 is 2.09 bits per heavy atom. The van der Waals surface area contributed by atoms with Crippen molar-refractivity contribution in [2.45, 2.75) is 26.7 Å². The molecule has 0 saturated heterocycles. The summed E-state index contributed by atoms with van der Waals surface area (Å²) in [7, 11) is 1.52. The summed E-state index contributed by atoms with van der Waals surface area (Å²) in [5, 5.41) is 0.331. The second-order valence-electron chi connectivity index (χ2n) is 4.94. The van der Waals surface area contributed by atoms with Crippen molar-refractivity contribution in [1.29, 1.82) is 0 Å². The van der Waals surface area contributed by atoms with Crippen LogP contribution in [0, 0.1) is 6.92 Å². The number of carbonyl (C=O) groups is 1. The van der Waals surface area contributed by atoms with Crippen LogP contribution >= 0.6 is 0 Å². The predicted molar refractivity (Wildman–Crippen MR) is 85.3 cm³/mol. The molecule has 0 unspecified atom stereocenters. The zero-order valence-corrected chi connectivity index (χ0v) is 13.5. The van der Waals surface area contributed by atoms with E-state index in [1.54, 1.807) is 13.0 Å². The molecular formula is C17H20O6. The van der Waals surface area contributed by atoms with Gasteiger partial charge in [0.05, 0.1) is 7.11 Å². The largest absolute Gasteiger partial charge is 0.496 e. The number of hydrogen-bond donors (Lipinski definition) is 0. The number of hydrogen-bond acceptors (Lipinski definition) is 6. The van der Waals surface area contributed by atoms with Gasteiger partial charge in [-0.3, -0.25) is 4.79 Å². The average Bonchev–Trinajstić information content (AvgIpc) is 2.52. The lowest BCUT2D eigenvalue weighted by Crippen LogP contribution is -2.10. The molecule has 0 radical (unpaired) electrons. The molecule has 2 aromatic rings. The highest BCUT2D eigenvalue weighted by atomic mass is 16.7. The van der Waals surface area contributed by atoms with E-state index in [9.17, 15) is 9.59 Å². The lowest BCUT2D eigenvalue weighted by Gasteiger charge is -2.16. The van der Waals surface area contributed by atoms with Crippen LogP contribution in [0.3, 0.4) is 0 Å². The van der Waals surface area contributed by atoms with Gasteiger partial charge in [0.1, 0.15) is 34.5 Å². The van der Waals surface area contributed by atoms with Gasteiger partial charge in [-0.15, -0.1) is 0 Å². The van der Waals surface area contributed by atoms with E-state index in [0.717, 1.165) is 6.29 Å². The van der Waals surface area contributed by atoms with Gasteiger partial charge in [-0.25, -0.2) is 0 Å². The zero-order valence-electron chi connectivity index (χ0n) is 13.5. The van der Waals surface area contributed by atoms with E-state index in [1.807, 2.05) is 6.92 Å². The van der Waals surface area contributed by atoms with E-state index in [4.69, 9.17) is 18.6 Å². The molecule has 0 N–H and O–H groups in total.